The van der Waals surface area contributed by atoms with Crippen LogP contribution in [0.25, 0.3) is 0 Å². The predicted octanol–water partition coefficient (Wildman–Crippen LogP) is 2.52. The molecule has 0 aliphatic heterocycles. The molecule has 1 heteroatoms. The molecule has 3 aliphatic rings. The Morgan fingerprint density at radius 3 is 2.00 bits per heavy atom. The van der Waals surface area contributed by atoms with Gasteiger partial charge in [0.05, 0.1) is 0 Å². The minimum atomic E-state index is 0.718. The fourth-order valence-corrected chi connectivity index (χ4v) is 3.94. The molecule has 0 aromatic heterocycles. The summed E-state index contributed by atoms with van der Waals surface area (Å²) >= 11 is 4.58. The summed E-state index contributed by atoms with van der Waals surface area (Å²) in [4.78, 5) is 0. The molecule has 0 aromatic rings. The van der Waals surface area contributed by atoms with Gasteiger partial charge in [-0.15, -0.1) is 0 Å². The highest BCUT2D eigenvalue weighted by Crippen LogP contribution is 2.56. The SMILES string of the molecule is SC1CC2C3C=CC(C3)C2C1. The van der Waals surface area contributed by atoms with E-state index < -0.39 is 0 Å². The Kier molecular flexibility index (Phi) is 1.24. The Morgan fingerprint density at radius 2 is 1.45 bits per heavy atom. The van der Waals surface area contributed by atoms with E-state index in [2.05, 4.69) is 24.8 Å². The molecule has 3 rings (SSSR count). The number of hydrogen-bond acceptors (Lipinski definition) is 1. The van der Waals surface area contributed by atoms with Crippen LogP contribution in [0.4, 0.5) is 0 Å². The highest BCUT2D eigenvalue weighted by atomic mass is 32.1. The molecule has 4 unspecified atom stereocenters. The molecule has 4 atom stereocenters. The molecular formula is C10H14S. The average Bonchev–Trinajstić information content (AvgIpc) is 2.53. The van der Waals surface area contributed by atoms with Crippen molar-refractivity contribution in [2.45, 2.75) is 24.5 Å². The molecule has 60 valence electrons. The van der Waals surface area contributed by atoms with Crippen LogP contribution in [-0.2, 0) is 0 Å². The minimum absolute atomic E-state index is 0.718. The van der Waals surface area contributed by atoms with Gasteiger partial charge in [-0.3, -0.25) is 0 Å². The molecule has 0 heterocycles. The molecule has 0 saturated heterocycles. The van der Waals surface area contributed by atoms with Crippen molar-refractivity contribution in [2.24, 2.45) is 23.7 Å². The first-order valence-corrected chi connectivity index (χ1v) is 5.22. The first-order chi connectivity index (χ1) is 5.34. The van der Waals surface area contributed by atoms with Crippen LogP contribution in [0.1, 0.15) is 19.3 Å². The lowest BCUT2D eigenvalue weighted by Crippen LogP contribution is -2.12. The normalized spacial score (nSPS) is 58.8. The summed E-state index contributed by atoms with van der Waals surface area (Å²) in [6.07, 6.45) is 9.16. The molecule has 2 saturated carbocycles. The molecule has 0 amide bonds. The second-order valence-corrected chi connectivity index (χ2v) is 5.13. The van der Waals surface area contributed by atoms with Crippen LogP contribution in [0.15, 0.2) is 12.2 Å². The van der Waals surface area contributed by atoms with Crippen LogP contribution in [-0.4, -0.2) is 5.25 Å². The number of allylic oxidation sites excluding steroid dienone is 2. The lowest BCUT2D eigenvalue weighted by Gasteiger charge is -2.18. The second-order valence-electron chi connectivity index (χ2n) is 4.40. The first-order valence-electron chi connectivity index (χ1n) is 4.71. The van der Waals surface area contributed by atoms with Gasteiger partial charge in [-0.2, -0.15) is 12.6 Å². The maximum atomic E-state index is 4.58. The molecule has 0 radical (unpaired) electrons. The lowest BCUT2D eigenvalue weighted by atomic mass is 9.86. The third kappa shape index (κ3) is 0.780. The van der Waals surface area contributed by atoms with Crippen LogP contribution >= 0.6 is 12.6 Å². The fourth-order valence-electron chi connectivity index (χ4n) is 3.45. The van der Waals surface area contributed by atoms with Gasteiger partial charge in [0, 0.05) is 5.25 Å². The summed E-state index contributed by atoms with van der Waals surface area (Å²) in [5.41, 5.74) is 0. The van der Waals surface area contributed by atoms with Crippen molar-refractivity contribution in [1.82, 2.24) is 0 Å². The topological polar surface area (TPSA) is 0 Å². The summed E-state index contributed by atoms with van der Waals surface area (Å²) < 4.78 is 0. The molecular weight excluding hydrogens is 152 g/mol. The van der Waals surface area contributed by atoms with Gasteiger partial charge in [0.25, 0.3) is 0 Å². The summed E-state index contributed by atoms with van der Waals surface area (Å²) in [6.45, 7) is 0. The van der Waals surface area contributed by atoms with Crippen LogP contribution in [0.3, 0.4) is 0 Å². The highest BCUT2D eigenvalue weighted by Gasteiger charge is 2.48. The Bertz CT molecular complexity index is 189. The van der Waals surface area contributed by atoms with Crippen molar-refractivity contribution in [3.05, 3.63) is 12.2 Å². The zero-order chi connectivity index (χ0) is 7.42. The van der Waals surface area contributed by atoms with Crippen molar-refractivity contribution in [2.75, 3.05) is 0 Å². The van der Waals surface area contributed by atoms with Crippen LogP contribution < -0.4 is 0 Å². The van der Waals surface area contributed by atoms with Crippen molar-refractivity contribution in [3.63, 3.8) is 0 Å². The summed E-state index contributed by atoms with van der Waals surface area (Å²) in [7, 11) is 0. The Balaban J connectivity index is 1.92. The fraction of sp³-hybridized carbons (Fsp3) is 0.800. The van der Waals surface area contributed by atoms with Gasteiger partial charge in [0.2, 0.25) is 0 Å². The van der Waals surface area contributed by atoms with E-state index in [1.165, 1.54) is 19.3 Å². The standard InChI is InChI=1S/C10H14S/c11-8-4-9-6-1-2-7(3-6)10(9)5-8/h1-2,6-11H,3-5H2. The van der Waals surface area contributed by atoms with E-state index in [0.29, 0.717) is 0 Å². The van der Waals surface area contributed by atoms with Crippen molar-refractivity contribution in [1.29, 1.82) is 0 Å². The summed E-state index contributed by atoms with van der Waals surface area (Å²) in [5, 5.41) is 0.718. The van der Waals surface area contributed by atoms with E-state index in [9.17, 15) is 0 Å². The number of fused-ring (bicyclic) bond motifs is 5. The van der Waals surface area contributed by atoms with Gasteiger partial charge in [-0.1, -0.05) is 12.2 Å². The van der Waals surface area contributed by atoms with Gasteiger partial charge >= 0.3 is 0 Å². The van der Waals surface area contributed by atoms with Crippen molar-refractivity contribution >= 4 is 12.6 Å². The largest absolute Gasteiger partial charge is 0.176 e. The van der Waals surface area contributed by atoms with Crippen LogP contribution in [0, 0.1) is 23.7 Å². The number of hydrogen-bond donors (Lipinski definition) is 1. The second kappa shape index (κ2) is 2.07. The van der Waals surface area contributed by atoms with E-state index in [1.807, 2.05) is 0 Å². The molecule has 0 nitrogen and oxygen atoms in total. The van der Waals surface area contributed by atoms with E-state index in [1.54, 1.807) is 0 Å². The van der Waals surface area contributed by atoms with E-state index in [0.717, 1.165) is 28.9 Å². The Labute approximate surface area is 73.5 Å². The zero-order valence-corrected chi connectivity index (χ0v) is 7.50. The highest BCUT2D eigenvalue weighted by molar-refractivity contribution is 7.80. The van der Waals surface area contributed by atoms with E-state index in [4.69, 9.17) is 0 Å². The lowest BCUT2D eigenvalue weighted by molar-refractivity contribution is 0.364. The van der Waals surface area contributed by atoms with E-state index >= 15 is 0 Å². The van der Waals surface area contributed by atoms with Crippen molar-refractivity contribution in [3.8, 4) is 0 Å². The maximum Gasteiger partial charge on any atom is 0.00227 e. The van der Waals surface area contributed by atoms with Gasteiger partial charge in [0.15, 0.2) is 0 Å². The van der Waals surface area contributed by atoms with Crippen LogP contribution in [0.2, 0.25) is 0 Å². The van der Waals surface area contributed by atoms with Gasteiger partial charge in [0.1, 0.15) is 0 Å². The minimum Gasteiger partial charge on any atom is -0.176 e. The summed E-state index contributed by atoms with van der Waals surface area (Å²) in [6, 6.07) is 0. The monoisotopic (exact) mass is 166 g/mol. The molecule has 2 fully saturated rings. The molecule has 3 aliphatic carbocycles. The maximum absolute atomic E-state index is 4.58. The predicted molar refractivity (Wildman–Crippen MR) is 49.7 cm³/mol. The molecule has 0 aromatic carbocycles. The molecule has 0 spiro atoms. The molecule has 0 N–H and O–H groups in total. The van der Waals surface area contributed by atoms with Crippen LogP contribution in [0.5, 0.6) is 0 Å². The number of thiol groups is 1. The third-order valence-corrected chi connectivity index (χ3v) is 4.31. The van der Waals surface area contributed by atoms with Gasteiger partial charge in [-0.25, -0.2) is 0 Å². The smallest absolute Gasteiger partial charge is 0.00227 e. The molecule has 11 heavy (non-hydrogen) atoms. The Hall–Kier alpha value is 0.0900. The number of rotatable bonds is 0. The first kappa shape index (κ1) is 6.59. The quantitative estimate of drug-likeness (QED) is 0.415. The average molecular weight is 166 g/mol. The van der Waals surface area contributed by atoms with E-state index in [-0.39, 0.29) is 0 Å². The third-order valence-electron chi connectivity index (χ3n) is 3.89. The van der Waals surface area contributed by atoms with Gasteiger partial charge in [-0.05, 0) is 42.9 Å². The summed E-state index contributed by atoms with van der Waals surface area (Å²) in [5.74, 6) is 3.93. The van der Waals surface area contributed by atoms with Gasteiger partial charge < -0.3 is 0 Å². The zero-order valence-electron chi connectivity index (χ0n) is 6.61. The molecule has 2 bridgehead atoms. The Morgan fingerprint density at radius 1 is 0.909 bits per heavy atom. The van der Waals surface area contributed by atoms with Crippen molar-refractivity contribution < 1.29 is 0 Å².